The Morgan fingerprint density at radius 1 is 1.08 bits per heavy atom. The molecule has 2 aliphatic heterocycles. The maximum Gasteiger partial charge on any atom is 0.254 e. The molecule has 0 aliphatic carbocycles. The molecule has 3 aromatic rings. The SMILES string of the molecule is COc1ccccc1OC[C@@H]1c2ccsc2CCN1C(=O)CN(C[C@@H]1CCCO1)C(=O)c1ccccc1. The van der Waals surface area contributed by atoms with Gasteiger partial charge in [0.15, 0.2) is 11.5 Å². The van der Waals surface area contributed by atoms with Crippen LogP contribution < -0.4 is 9.47 Å². The molecule has 2 atom stereocenters. The van der Waals surface area contributed by atoms with E-state index in [9.17, 15) is 9.59 Å². The van der Waals surface area contributed by atoms with Crippen LogP contribution in [0.4, 0.5) is 0 Å². The van der Waals surface area contributed by atoms with Crippen LogP contribution in [-0.2, 0) is 16.0 Å². The summed E-state index contributed by atoms with van der Waals surface area (Å²) in [5.41, 5.74) is 1.68. The smallest absolute Gasteiger partial charge is 0.254 e. The standard InChI is InChI=1S/C29H32N2O5S/c1-34-25-11-5-6-12-26(25)36-20-24-23-14-17-37-27(23)13-15-31(24)28(32)19-30(18-22-10-7-16-35-22)29(33)21-8-3-2-4-9-21/h2-6,8-9,11-12,14,17,22,24H,7,10,13,15-16,18-20H2,1H3/t22-,24+/m0/s1. The molecule has 2 amide bonds. The zero-order valence-electron chi connectivity index (χ0n) is 21.0. The third-order valence-corrected chi connectivity index (χ3v) is 7.96. The van der Waals surface area contributed by atoms with Gasteiger partial charge in [-0.15, -0.1) is 11.3 Å². The third kappa shape index (κ3) is 5.81. The molecule has 194 valence electrons. The Morgan fingerprint density at radius 3 is 2.62 bits per heavy atom. The van der Waals surface area contributed by atoms with Gasteiger partial charge < -0.3 is 24.0 Å². The van der Waals surface area contributed by atoms with Crippen LogP contribution >= 0.6 is 11.3 Å². The van der Waals surface area contributed by atoms with Gasteiger partial charge in [0.05, 0.1) is 19.3 Å². The number of amides is 2. The maximum absolute atomic E-state index is 13.8. The van der Waals surface area contributed by atoms with Gasteiger partial charge in [-0.25, -0.2) is 0 Å². The monoisotopic (exact) mass is 520 g/mol. The summed E-state index contributed by atoms with van der Waals surface area (Å²) >= 11 is 1.71. The van der Waals surface area contributed by atoms with Crippen LogP contribution in [0.3, 0.4) is 0 Å². The van der Waals surface area contributed by atoms with Crippen molar-refractivity contribution in [2.45, 2.75) is 31.4 Å². The highest BCUT2D eigenvalue weighted by atomic mass is 32.1. The van der Waals surface area contributed by atoms with E-state index in [0.717, 1.165) is 24.8 Å². The van der Waals surface area contributed by atoms with Gasteiger partial charge in [0.2, 0.25) is 5.91 Å². The lowest BCUT2D eigenvalue weighted by Gasteiger charge is -2.37. The molecular formula is C29H32N2O5S. The molecule has 1 saturated heterocycles. The number of hydrogen-bond donors (Lipinski definition) is 0. The van der Waals surface area contributed by atoms with Crippen LogP contribution in [-0.4, -0.2) is 67.7 Å². The minimum Gasteiger partial charge on any atom is -0.493 e. The molecule has 0 spiro atoms. The number of carbonyl (C=O) groups excluding carboxylic acids is 2. The Labute approximate surface area is 221 Å². The summed E-state index contributed by atoms with van der Waals surface area (Å²) in [6.07, 6.45) is 2.61. The van der Waals surface area contributed by atoms with E-state index >= 15 is 0 Å². The molecule has 8 heteroatoms. The Morgan fingerprint density at radius 2 is 1.86 bits per heavy atom. The van der Waals surface area contributed by atoms with Gasteiger partial charge in [0, 0.05) is 30.1 Å². The van der Waals surface area contributed by atoms with Gasteiger partial charge in [-0.2, -0.15) is 0 Å². The first-order valence-corrected chi connectivity index (χ1v) is 13.6. The average molecular weight is 521 g/mol. The fourth-order valence-corrected chi connectivity index (χ4v) is 5.98. The van der Waals surface area contributed by atoms with E-state index in [4.69, 9.17) is 14.2 Å². The fourth-order valence-electron chi connectivity index (χ4n) is 5.05. The summed E-state index contributed by atoms with van der Waals surface area (Å²) in [5, 5.41) is 2.07. The van der Waals surface area contributed by atoms with Crippen molar-refractivity contribution in [3.05, 3.63) is 82.0 Å². The van der Waals surface area contributed by atoms with Gasteiger partial charge >= 0.3 is 0 Å². The van der Waals surface area contributed by atoms with Crippen molar-refractivity contribution < 1.29 is 23.8 Å². The first-order chi connectivity index (χ1) is 18.1. The summed E-state index contributed by atoms with van der Waals surface area (Å²) in [4.78, 5) is 32.0. The molecule has 1 aromatic heterocycles. The van der Waals surface area contributed by atoms with Crippen molar-refractivity contribution in [2.75, 3.05) is 40.0 Å². The Balaban J connectivity index is 1.35. The van der Waals surface area contributed by atoms with Crippen LogP contribution in [0, 0.1) is 0 Å². The number of para-hydroxylation sites is 2. The van der Waals surface area contributed by atoms with Gasteiger partial charge in [-0.05, 0) is 60.5 Å². The lowest BCUT2D eigenvalue weighted by Crippen LogP contribution is -2.49. The largest absolute Gasteiger partial charge is 0.493 e. The minimum atomic E-state index is -0.246. The number of ether oxygens (including phenoxy) is 3. The summed E-state index contributed by atoms with van der Waals surface area (Å²) in [7, 11) is 1.61. The van der Waals surface area contributed by atoms with Crippen LogP contribution in [0.15, 0.2) is 66.0 Å². The van der Waals surface area contributed by atoms with Crippen LogP contribution in [0.25, 0.3) is 0 Å². The quantitative estimate of drug-likeness (QED) is 0.413. The van der Waals surface area contributed by atoms with Crippen LogP contribution in [0.1, 0.15) is 39.7 Å². The lowest BCUT2D eigenvalue weighted by molar-refractivity contribution is -0.135. The number of fused-ring (bicyclic) bond motifs is 1. The second kappa shape index (κ2) is 11.8. The Hall–Kier alpha value is -3.36. The molecule has 0 unspecified atom stereocenters. The number of benzene rings is 2. The number of thiophene rings is 1. The van der Waals surface area contributed by atoms with Crippen molar-refractivity contribution in [3.63, 3.8) is 0 Å². The second-order valence-corrected chi connectivity index (χ2v) is 10.3. The predicted octanol–water partition coefficient (Wildman–Crippen LogP) is 4.58. The zero-order valence-corrected chi connectivity index (χ0v) is 21.8. The first kappa shape index (κ1) is 25.3. The zero-order chi connectivity index (χ0) is 25.6. The van der Waals surface area contributed by atoms with E-state index in [2.05, 4.69) is 11.4 Å². The molecule has 0 radical (unpaired) electrons. The van der Waals surface area contributed by atoms with E-state index in [0.29, 0.717) is 43.4 Å². The molecule has 5 rings (SSSR count). The summed E-state index contributed by atoms with van der Waals surface area (Å²) < 4.78 is 17.4. The van der Waals surface area contributed by atoms with Crippen molar-refractivity contribution in [1.29, 1.82) is 0 Å². The highest BCUT2D eigenvalue weighted by Crippen LogP contribution is 2.35. The van der Waals surface area contributed by atoms with Crippen molar-refractivity contribution in [2.24, 2.45) is 0 Å². The summed E-state index contributed by atoms with van der Waals surface area (Å²) in [6, 6.07) is 18.5. The number of nitrogens with zero attached hydrogens (tertiary/aromatic N) is 2. The summed E-state index contributed by atoms with van der Waals surface area (Å²) in [5.74, 6) is 1.05. The average Bonchev–Trinajstić information content (AvgIpc) is 3.64. The lowest BCUT2D eigenvalue weighted by atomic mass is 10.00. The van der Waals surface area contributed by atoms with Crippen molar-refractivity contribution in [3.8, 4) is 11.5 Å². The number of rotatable bonds is 9. The van der Waals surface area contributed by atoms with Crippen molar-refractivity contribution >= 4 is 23.2 Å². The second-order valence-electron chi connectivity index (χ2n) is 9.30. The topological polar surface area (TPSA) is 68.3 Å². The van der Waals surface area contributed by atoms with Crippen LogP contribution in [0.5, 0.6) is 11.5 Å². The van der Waals surface area contributed by atoms with E-state index in [1.807, 2.05) is 47.4 Å². The van der Waals surface area contributed by atoms with Gasteiger partial charge in [0.25, 0.3) is 5.91 Å². The highest BCUT2D eigenvalue weighted by Gasteiger charge is 2.34. The van der Waals surface area contributed by atoms with Gasteiger partial charge in [-0.1, -0.05) is 30.3 Å². The number of hydrogen-bond acceptors (Lipinski definition) is 6. The summed E-state index contributed by atoms with van der Waals surface area (Å²) in [6.45, 7) is 1.98. The molecule has 2 aliphatic rings. The van der Waals surface area contributed by atoms with Gasteiger partial charge in [-0.3, -0.25) is 9.59 Å². The fraction of sp³-hybridized carbons (Fsp3) is 0.379. The molecule has 2 aromatic carbocycles. The van der Waals surface area contributed by atoms with Gasteiger partial charge in [0.1, 0.15) is 13.2 Å². The van der Waals surface area contributed by atoms with E-state index in [1.54, 1.807) is 35.5 Å². The number of carbonyl (C=O) groups is 2. The molecule has 0 N–H and O–H groups in total. The molecule has 0 bridgehead atoms. The maximum atomic E-state index is 13.8. The minimum absolute atomic E-state index is 0.00177. The molecule has 3 heterocycles. The third-order valence-electron chi connectivity index (χ3n) is 6.96. The molecule has 7 nitrogen and oxygen atoms in total. The highest BCUT2D eigenvalue weighted by molar-refractivity contribution is 7.10. The van der Waals surface area contributed by atoms with E-state index in [1.165, 1.54) is 4.88 Å². The van der Waals surface area contributed by atoms with E-state index < -0.39 is 0 Å². The predicted molar refractivity (Wildman–Crippen MR) is 142 cm³/mol. The normalized spacial score (nSPS) is 18.8. The van der Waals surface area contributed by atoms with Crippen LogP contribution in [0.2, 0.25) is 0 Å². The molecule has 0 saturated carbocycles. The van der Waals surface area contributed by atoms with E-state index in [-0.39, 0.29) is 30.5 Å². The number of methoxy groups -OCH3 is 1. The van der Waals surface area contributed by atoms with Crippen molar-refractivity contribution in [1.82, 2.24) is 9.80 Å². The molecular weight excluding hydrogens is 488 g/mol. The Bertz CT molecular complexity index is 1210. The molecule has 1 fully saturated rings. The Kier molecular flexibility index (Phi) is 8.06. The molecule has 37 heavy (non-hydrogen) atoms. The first-order valence-electron chi connectivity index (χ1n) is 12.7.